The van der Waals surface area contributed by atoms with Gasteiger partial charge >= 0.3 is 0 Å². The second-order valence-corrected chi connectivity index (χ2v) is 9.97. The maximum Gasteiger partial charge on any atom is 0.260 e. The maximum atomic E-state index is 12.8. The zero-order valence-corrected chi connectivity index (χ0v) is 23.6. The van der Waals surface area contributed by atoms with Crippen LogP contribution in [0.2, 0.25) is 5.02 Å². The first-order valence-corrected chi connectivity index (χ1v) is 13.7. The lowest BCUT2D eigenvalue weighted by Gasteiger charge is -2.41. The van der Waals surface area contributed by atoms with Crippen molar-refractivity contribution in [2.24, 2.45) is 4.99 Å². The molecule has 41 heavy (non-hydrogen) atoms. The van der Waals surface area contributed by atoms with Crippen molar-refractivity contribution in [1.82, 2.24) is 9.80 Å². The zero-order chi connectivity index (χ0) is 28.9. The molecular weight excluding hydrogens is 550 g/mol. The molecule has 0 spiro atoms. The molecule has 2 N–H and O–H groups in total. The van der Waals surface area contributed by atoms with Crippen LogP contribution in [0.5, 0.6) is 17.2 Å². The van der Waals surface area contributed by atoms with Crippen LogP contribution in [-0.4, -0.2) is 77.4 Å². The van der Waals surface area contributed by atoms with Gasteiger partial charge in [-0.05, 0) is 68.4 Å². The first kappa shape index (κ1) is 28.5. The van der Waals surface area contributed by atoms with E-state index in [0.717, 1.165) is 0 Å². The Hall–Kier alpha value is -4.03. The number of rotatable bonds is 9. The lowest BCUT2D eigenvalue weighted by molar-refractivity contribution is -0.135. The van der Waals surface area contributed by atoms with Crippen molar-refractivity contribution in [2.75, 3.05) is 49.7 Å². The van der Waals surface area contributed by atoms with Gasteiger partial charge in [-0.15, -0.1) is 5.23 Å². The fraction of sp³-hybridized carbons (Fsp3) is 0.310. The first-order valence-electron chi connectivity index (χ1n) is 13.3. The van der Waals surface area contributed by atoms with Gasteiger partial charge in [0.2, 0.25) is 0 Å². The molecule has 0 aromatic heterocycles. The summed E-state index contributed by atoms with van der Waals surface area (Å²) >= 11 is 5.92. The largest absolute Gasteiger partial charge is 0.492 e. The van der Waals surface area contributed by atoms with Crippen LogP contribution in [0.15, 0.2) is 71.7 Å². The van der Waals surface area contributed by atoms with Crippen molar-refractivity contribution < 1.29 is 29.5 Å². The highest BCUT2D eigenvalue weighted by Crippen LogP contribution is 2.40. The number of amides is 1. The Balaban J connectivity index is 1.33. The molecule has 3 aromatic rings. The van der Waals surface area contributed by atoms with Crippen LogP contribution in [0.4, 0.5) is 17.1 Å². The molecule has 2 heterocycles. The van der Waals surface area contributed by atoms with E-state index in [1.165, 1.54) is 12.1 Å². The molecule has 3 aromatic carbocycles. The number of para-hydroxylation sites is 2. The summed E-state index contributed by atoms with van der Waals surface area (Å²) in [6.07, 6.45) is 0. The van der Waals surface area contributed by atoms with Crippen LogP contribution in [0.25, 0.3) is 0 Å². The average Bonchev–Trinajstić information content (AvgIpc) is 3.00. The van der Waals surface area contributed by atoms with Gasteiger partial charge in [0, 0.05) is 31.2 Å². The number of ether oxygens (including phenoxy) is 2. The number of benzene rings is 3. The van der Waals surface area contributed by atoms with E-state index < -0.39 is 0 Å². The van der Waals surface area contributed by atoms with Crippen LogP contribution in [0, 0.1) is 0 Å². The van der Waals surface area contributed by atoms with Gasteiger partial charge in [-0.25, -0.2) is 4.99 Å². The van der Waals surface area contributed by atoms with Gasteiger partial charge in [0.1, 0.15) is 22.9 Å². The van der Waals surface area contributed by atoms with Crippen molar-refractivity contribution in [3.05, 3.63) is 71.8 Å². The fourth-order valence-electron chi connectivity index (χ4n) is 4.74. The van der Waals surface area contributed by atoms with Gasteiger partial charge in [-0.3, -0.25) is 20.1 Å². The number of nitrogens with zero attached hydrogens (tertiary/aromatic N) is 5. The van der Waals surface area contributed by atoms with Gasteiger partial charge < -0.3 is 19.2 Å². The molecule has 1 unspecified atom stereocenters. The molecule has 1 atom stereocenters. The average molecular weight is 582 g/mol. The number of carbonyl (C=O) groups is 1. The Labute approximate surface area is 243 Å². The Morgan fingerprint density at radius 3 is 2.49 bits per heavy atom. The second-order valence-electron chi connectivity index (χ2n) is 9.53. The van der Waals surface area contributed by atoms with Crippen LogP contribution in [-0.2, 0) is 4.79 Å². The number of piperazine rings is 1. The number of hydrogen-bond acceptors (Lipinski definition) is 10. The molecule has 1 amide bonds. The van der Waals surface area contributed by atoms with Gasteiger partial charge in [0.25, 0.3) is 5.91 Å². The predicted molar refractivity (Wildman–Crippen MR) is 155 cm³/mol. The number of amidine groups is 1. The van der Waals surface area contributed by atoms with E-state index in [1.54, 1.807) is 40.3 Å². The number of hydrogen-bond donors (Lipinski definition) is 2. The Morgan fingerprint density at radius 2 is 1.78 bits per heavy atom. The molecule has 0 saturated carbocycles. The van der Waals surface area contributed by atoms with E-state index in [1.807, 2.05) is 38.1 Å². The van der Waals surface area contributed by atoms with Crippen molar-refractivity contribution in [3.8, 4) is 17.2 Å². The molecule has 11 nitrogen and oxygen atoms in total. The second kappa shape index (κ2) is 12.6. The molecule has 1 fully saturated rings. The summed E-state index contributed by atoms with van der Waals surface area (Å²) in [6.45, 7) is 6.66. The number of fused-ring (bicyclic) bond motifs is 1. The number of anilines is 2. The van der Waals surface area contributed by atoms with Crippen LogP contribution in [0.1, 0.15) is 13.8 Å². The number of hydroxylamine groups is 1. The summed E-state index contributed by atoms with van der Waals surface area (Å²) in [4.78, 5) is 28.1. The summed E-state index contributed by atoms with van der Waals surface area (Å²) in [6, 6.07) is 18.9. The summed E-state index contributed by atoms with van der Waals surface area (Å²) in [5.74, 6) is 2.19. The quantitative estimate of drug-likeness (QED) is 0.345. The Bertz CT molecular complexity index is 1390. The molecule has 0 bridgehead atoms. The molecule has 12 heteroatoms. The van der Waals surface area contributed by atoms with Crippen molar-refractivity contribution in [1.29, 1.82) is 0 Å². The minimum absolute atomic E-state index is 0.0442. The zero-order valence-electron chi connectivity index (χ0n) is 22.8. The molecule has 2 aliphatic heterocycles. The van der Waals surface area contributed by atoms with E-state index in [4.69, 9.17) is 30.9 Å². The van der Waals surface area contributed by atoms with E-state index in [0.29, 0.717) is 72.3 Å². The Morgan fingerprint density at radius 1 is 1.05 bits per heavy atom. The van der Waals surface area contributed by atoms with Gasteiger partial charge in [-0.1, -0.05) is 23.7 Å². The monoisotopic (exact) mass is 581 g/mol. The summed E-state index contributed by atoms with van der Waals surface area (Å²) in [5.41, 5.74) is 1.30. The fourth-order valence-corrected chi connectivity index (χ4v) is 4.86. The lowest BCUT2D eigenvalue weighted by Crippen LogP contribution is -2.57. The highest BCUT2D eigenvalue weighted by atomic mass is 35.5. The smallest absolute Gasteiger partial charge is 0.260 e. The minimum Gasteiger partial charge on any atom is -0.492 e. The van der Waals surface area contributed by atoms with Crippen molar-refractivity contribution >= 4 is 40.4 Å². The topological polar surface area (TPSA) is 111 Å². The van der Waals surface area contributed by atoms with Crippen LogP contribution >= 0.6 is 11.6 Å². The third-order valence-corrected chi connectivity index (χ3v) is 7.21. The third kappa shape index (κ3) is 6.49. The summed E-state index contributed by atoms with van der Waals surface area (Å²) in [7, 11) is 0. The molecule has 5 rings (SSSR count). The normalized spacial score (nSPS) is 15.9. The highest BCUT2D eigenvalue weighted by molar-refractivity contribution is 6.30. The van der Waals surface area contributed by atoms with E-state index in [9.17, 15) is 15.2 Å². The predicted octanol–water partition coefficient (Wildman–Crippen LogP) is 4.78. The van der Waals surface area contributed by atoms with Gasteiger partial charge in [-0.2, -0.15) is 5.06 Å². The molecule has 216 valence electrons. The molecule has 0 radical (unpaired) electrons. The number of halogens is 1. The summed E-state index contributed by atoms with van der Waals surface area (Å²) in [5, 5.41) is 21.4. The van der Waals surface area contributed by atoms with Crippen molar-refractivity contribution in [3.63, 3.8) is 0 Å². The molecule has 1 saturated heterocycles. The van der Waals surface area contributed by atoms with E-state index >= 15 is 0 Å². The van der Waals surface area contributed by atoms with E-state index in [2.05, 4.69) is 4.90 Å². The number of aliphatic imine (C=N–C) groups is 1. The standard InChI is InChI=1S/C29H32ClN5O6/c1-3-39-27-7-5-4-6-25(27)34-29(31-24-18-22(35(37)38)10-13-26(24)41-34)20(2)32-14-16-33(17-15-32)28(36)19-40-23-11-8-21(30)9-12-23/h4-13,18,20,37-38H,3,14-17,19H2,1-2H3. The first-order chi connectivity index (χ1) is 19.8. The van der Waals surface area contributed by atoms with Crippen molar-refractivity contribution in [2.45, 2.75) is 19.9 Å². The van der Waals surface area contributed by atoms with E-state index in [-0.39, 0.29) is 29.5 Å². The highest BCUT2D eigenvalue weighted by Gasteiger charge is 2.34. The minimum atomic E-state index is -0.219. The molecule has 0 aliphatic carbocycles. The van der Waals surface area contributed by atoms with Gasteiger partial charge in [0.05, 0.1) is 18.3 Å². The Kier molecular flexibility index (Phi) is 8.79. The van der Waals surface area contributed by atoms with Gasteiger partial charge in [0.15, 0.2) is 18.2 Å². The SMILES string of the molecule is CCOc1ccccc1N1Oc2ccc(N(O)O)cc2N=C1C(C)N1CCN(C(=O)COc2ccc(Cl)cc2)CC1. The lowest BCUT2D eigenvalue weighted by atomic mass is 10.1. The number of carbonyl (C=O) groups excluding carboxylic acids is 1. The van der Waals surface area contributed by atoms with Crippen LogP contribution < -0.4 is 24.6 Å². The summed E-state index contributed by atoms with van der Waals surface area (Å²) < 4.78 is 11.5. The maximum absolute atomic E-state index is 12.8. The van der Waals surface area contributed by atoms with Crippen LogP contribution in [0.3, 0.4) is 0 Å². The molecular formula is C29H32ClN5O6. The third-order valence-electron chi connectivity index (χ3n) is 6.95. The molecule has 2 aliphatic rings.